The molecule has 0 atom stereocenters. The highest BCUT2D eigenvalue weighted by molar-refractivity contribution is 9.10. The highest BCUT2D eigenvalue weighted by Crippen LogP contribution is 2.29. The molecule has 0 fully saturated rings. The van der Waals surface area contributed by atoms with Crippen molar-refractivity contribution in [3.63, 3.8) is 0 Å². The minimum Gasteiger partial charge on any atom is -0.497 e. The SMILES string of the molecule is COc1ccc(Br)c(C(=O)Nc2ccc(OCC(C)C)c(Cl)c2)c1. The van der Waals surface area contributed by atoms with E-state index in [2.05, 4.69) is 35.1 Å². The fraction of sp³-hybridized carbons (Fsp3) is 0.278. The zero-order valence-electron chi connectivity index (χ0n) is 13.7. The van der Waals surface area contributed by atoms with Crippen LogP contribution in [-0.2, 0) is 0 Å². The number of halogens is 2. The highest BCUT2D eigenvalue weighted by Gasteiger charge is 2.13. The van der Waals surface area contributed by atoms with E-state index in [0.717, 1.165) is 0 Å². The number of anilines is 1. The van der Waals surface area contributed by atoms with Crippen molar-refractivity contribution < 1.29 is 14.3 Å². The maximum absolute atomic E-state index is 12.4. The summed E-state index contributed by atoms with van der Waals surface area (Å²) in [7, 11) is 1.56. The second-order valence-corrected chi connectivity index (χ2v) is 6.91. The van der Waals surface area contributed by atoms with Crippen LogP contribution in [0.15, 0.2) is 40.9 Å². The quantitative estimate of drug-likeness (QED) is 0.691. The maximum atomic E-state index is 12.4. The van der Waals surface area contributed by atoms with Gasteiger partial charge in [0, 0.05) is 10.2 Å². The summed E-state index contributed by atoms with van der Waals surface area (Å²) >= 11 is 9.59. The Balaban J connectivity index is 2.13. The van der Waals surface area contributed by atoms with Gasteiger partial charge in [-0.1, -0.05) is 25.4 Å². The van der Waals surface area contributed by atoms with Crippen molar-refractivity contribution in [3.8, 4) is 11.5 Å². The average Bonchev–Trinajstić information content (AvgIpc) is 2.54. The fourth-order valence-electron chi connectivity index (χ4n) is 1.96. The predicted octanol–water partition coefficient (Wildman–Crippen LogP) is 5.40. The lowest BCUT2D eigenvalue weighted by atomic mass is 10.2. The summed E-state index contributed by atoms with van der Waals surface area (Å²) in [5.41, 5.74) is 1.07. The number of benzene rings is 2. The van der Waals surface area contributed by atoms with Crippen LogP contribution in [-0.4, -0.2) is 19.6 Å². The lowest BCUT2D eigenvalue weighted by Gasteiger charge is -2.12. The first kappa shape index (κ1) is 18.6. The van der Waals surface area contributed by atoms with Crippen LogP contribution in [0.5, 0.6) is 11.5 Å². The summed E-state index contributed by atoms with van der Waals surface area (Å²) in [5, 5.41) is 3.28. The number of carbonyl (C=O) groups is 1. The third-order valence-electron chi connectivity index (χ3n) is 3.18. The van der Waals surface area contributed by atoms with Crippen molar-refractivity contribution in [2.45, 2.75) is 13.8 Å². The molecule has 0 radical (unpaired) electrons. The first-order valence-electron chi connectivity index (χ1n) is 7.48. The number of hydrogen-bond acceptors (Lipinski definition) is 3. The Morgan fingerprint density at radius 2 is 2.00 bits per heavy atom. The average molecular weight is 413 g/mol. The lowest BCUT2D eigenvalue weighted by molar-refractivity contribution is 0.102. The summed E-state index contributed by atoms with van der Waals surface area (Å²) in [6.07, 6.45) is 0. The second-order valence-electron chi connectivity index (χ2n) is 5.65. The summed E-state index contributed by atoms with van der Waals surface area (Å²) in [4.78, 5) is 12.4. The highest BCUT2D eigenvalue weighted by atomic mass is 79.9. The van der Waals surface area contributed by atoms with Crippen molar-refractivity contribution in [1.29, 1.82) is 0 Å². The third kappa shape index (κ3) is 4.89. The first-order valence-corrected chi connectivity index (χ1v) is 8.65. The van der Waals surface area contributed by atoms with Crippen molar-refractivity contribution in [2.24, 2.45) is 5.92 Å². The Morgan fingerprint density at radius 3 is 2.62 bits per heavy atom. The summed E-state index contributed by atoms with van der Waals surface area (Å²) in [6.45, 7) is 4.71. The Bertz CT molecular complexity index is 734. The van der Waals surface area contributed by atoms with E-state index in [1.807, 2.05) is 0 Å². The van der Waals surface area contributed by atoms with Gasteiger partial charge in [-0.05, 0) is 58.2 Å². The van der Waals surface area contributed by atoms with Crippen molar-refractivity contribution >= 4 is 39.1 Å². The lowest BCUT2D eigenvalue weighted by Crippen LogP contribution is -2.13. The van der Waals surface area contributed by atoms with Gasteiger partial charge >= 0.3 is 0 Å². The van der Waals surface area contributed by atoms with E-state index in [-0.39, 0.29) is 5.91 Å². The molecule has 0 saturated heterocycles. The molecule has 0 saturated carbocycles. The molecule has 128 valence electrons. The van der Waals surface area contributed by atoms with E-state index in [1.165, 1.54) is 0 Å². The monoisotopic (exact) mass is 411 g/mol. The van der Waals surface area contributed by atoms with Crippen LogP contribution in [0.4, 0.5) is 5.69 Å². The molecule has 1 amide bonds. The van der Waals surface area contributed by atoms with Crippen LogP contribution < -0.4 is 14.8 Å². The Kier molecular flexibility index (Phi) is 6.52. The van der Waals surface area contributed by atoms with E-state index in [1.54, 1.807) is 43.5 Å². The molecule has 0 aliphatic rings. The van der Waals surface area contributed by atoms with Gasteiger partial charge in [0.1, 0.15) is 11.5 Å². The van der Waals surface area contributed by atoms with E-state index >= 15 is 0 Å². The second kappa shape index (κ2) is 8.40. The topological polar surface area (TPSA) is 47.6 Å². The molecule has 24 heavy (non-hydrogen) atoms. The molecule has 0 bridgehead atoms. The largest absolute Gasteiger partial charge is 0.497 e. The number of ether oxygens (including phenoxy) is 2. The molecule has 1 N–H and O–H groups in total. The van der Waals surface area contributed by atoms with Gasteiger partial charge in [-0.3, -0.25) is 4.79 Å². The van der Waals surface area contributed by atoms with E-state index in [0.29, 0.717) is 44.8 Å². The zero-order valence-corrected chi connectivity index (χ0v) is 16.1. The molecule has 0 aromatic heterocycles. The van der Waals surface area contributed by atoms with Crippen molar-refractivity contribution in [2.75, 3.05) is 19.0 Å². The minimum atomic E-state index is -0.257. The van der Waals surface area contributed by atoms with Crippen LogP contribution in [0.25, 0.3) is 0 Å². The molecule has 0 heterocycles. The molecule has 0 aliphatic carbocycles. The van der Waals surface area contributed by atoms with Gasteiger partial charge in [0.2, 0.25) is 0 Å². The zero-order chi connectivity index (χ0) is 17.7. The normalized spacial score (nSPS) is 10.6. The Morgan fingerprint density at radius 1 is 1.25 bits per heavy atom. The molecule has 6 heteroatoms. The van der Waals surface area contributed by atoms with Crippen molar-refractivity contribution in [1.82, 2.24) is 0 Å². The third-order valence-corrected chi connectivity index (χ3v) is 4.17. The number of nitrogens with one attached hydrogen (secondary N) is 1. The number of amides is 1. The molecule has 0 spiro atoms. The summed E-state index contributed by atoms with van der Waals surface area (Å²) in [5.74, 6) is 1.36. The summed E-state index contributed by atoms with van der Waals surface area (Å²) < 4.78 is 11.5. The van der Waals surface area contributed by atoms with Gasteiger partial charge in [-0.2, -0.15) is 0 Å². The van der Waals surface area contributed by atoms with Gasteiger partial charge < -0.3 is 14.8 Å². The Hall–Kier alpha value is -1.72. The molecule has 4 nitrogen and oxygen atoms in total. The van der Waals surface area contributed by atoms with Crippen LogP contribution in [0.2, 0.25) is 5.02 Å². The van der Waals surface area contributed by atoms with Gasteiger partial charge in [0.05, 0.1) is 24.3 Å². The van der Waals surface area contributed by atoms with E-state index in [4.69, 9.17) is 21.1 Å². The predicted molar refractivity (Wildman–Crippen MR) is 100 cm³/mol. The van der Waals surface area contributed by atoms with Crippen molar-refractivity contribution in [3.05, 3.63) is 51.5 Å². The van der Waals surface area contributed by atoms with Crippen LogP contribution >= 0.6 is 27.5 Å². The number of carbonyl (C=O) groups excluding carboxylic acids is 1. The standard InChI is InChI=1S/C18H19BrClNO3/c1-11(2)10-24-17-7-4-12(8-16(17)20)21-18(22)14-9-13(23-3)5-6-15(14)19/h4-9,11H,10H2,1-3H3,(H,21,22). The van der Waals surface area contributed by atoms with E-state index < -0.39 is 0 Å². The Labute approximate surface area is 155 Å². The maximum Gasteiger partial charge on any atom is 0.256 e. The molecular weight excluding hydrogens is 394 g/mol. The van der Waals surface area contributed by atoms with Gasteiger partial charge in [-0.25, -0.2) is 0 Å². The molecule has 0 unspecified atom stereocenters. The smallest absolute Gasteiger partial charge is 0.256 e. The summed E-state index contributed by atoms with van der Waals surface area (Å²) in [6, 6.07) is 10.4. The van der Waals surface area contributed by atoms with Crippen LogP contribution in [0, 0.1) is 5.92 Å². The number of methoxy groups -OCH3 is 1. The fourth-order valence-corrected chi connectivity index (χ4v) is 2.62. The molecule has 2 aromatic carbocycles. The van der Waals surface area contributed by atoms with Gasteiger partial charge in [-0.15, -0.1) is 0 Å². The van der Waals surface area contributed by atoms with Gasteiger partial charge in [0.25, 0.3) is 5.91 Å². The molecule has 2 aromatic rings. The van der Waals surface area contributed by atoms with Gasteiger partial charge in [0.15, 0.2) is 0 Å². The molecular formula is C18H19BrClNO3. The number of hydrogen-bond donors (Lipinski definition) is 1. The van der Waals surface area contributed by atoms with E-state index in [9.17, 15) is 4.79 Å². The van der Waals surface area contributed by atoms with Crippen LogP contribution in [0.1, 0.15) is 24.2 Å². The first-order chi connectivity index (χ1) is 11.4. The van der Waals surface area contributed by atoms with Crippen LogP contribution in [0.3, 0.4) is 0 Å². The minimum absolute atomic E-state index is 0.257. The molecule has 0 aliphatic heterocycles. The number of rotatable bonds is 6. The molecule has 2 rings (SSSR count).